The zero-order chi connectivity index (χ0) is 45.3. The first-order valence-electron chi connectivity index (χ1n) is 23.3. The lowest BCUT2D eigenvalue weighted by atomic mass is 9.62. The maximum atomic E-state index is 15.2. The van der Waals surface area contributed by atoms with Crippen molar-refractivity contribution in [3.8, 4) is 0 Å². The number of allylic oxidation sites excluding steroid dienone is 2. The van der Waals surface area contributed by atoms with Gasteiger partial charge in [-0.2, -0.15) is 0 Å². The number of nitrogens with one attached hydrogen (secondary N) is 1. The molecule has 3 aliphatic carbocycles. The molecule has 3 unspecified atom stereocenters. The van der Waals surface area contributed by atoms with Crippen LogP contribution < -0.4 is 5.32 Å². The summed E-state index contributed by atoms with van der Waals surface area (Å²) < 4.78 is 65.4. The predicted octanol–water partition coefficient (Wildman–Crippen LogP) is 6.35. The number of halogens is 2. The van der Waals surface area contributed by atoms with Gasteiger partial charge in [-0.1, -0.05) is 35.9 Å². The lowest BCUT2D eigenvalue weighted by molar-refractivity contribution is -0.314. The average Bonchev–Trinajstić information content (AvgIpc) is 3.84. The third-order valence-corrected chi connectivity index (χ3v) is 16.2. The molecule has 13 nitrogen and oxygen atoms in total. The average molecular weight is 952 g/mol. The van der Waals surface area contributed by atoms with Crippen LogP contribution in [0.2, 0.25) is 0 Å². The van der Waals surface area contributed by atoms with Crippen molar-refractivity contribution < 1.29 is 57.0 Å². The molecule has 1 aromatic rings. The largest absolute Gasteiger partial charge is 0.462 e. The van der Waals surface area contributed by atoms with Gasteiger partial charge in [0.1, 0.15) is 30.2 Å². The Kier molecular flexibility index (Phi) is 16.6. The monoisotopic (exact) mass is 950 g/mol. The highest BCUT2D eigenvalue weighted by Gasteiger charge is 2.60. The Morgan fingerprint density at radius 1 is 0.921 bits per heavy atom. The van der Waals surface area contributed by atoms with Gasteiger partial charge in [-0.15, -0.1) is 0 Å². The van der Waals surface area contributed by atoms with E-state index in [9.17, 15) is 14.3 Å². The van der Waals surface area contributed by atoms with Crippen LogP contribution in [0, 0.1) is 41.3 Å². The summed E-state index contributed by atoms with van der Waals surface area (Å²) in [5, 5.41) is 16.2. The minimum Gasteiger partial charge on any atom is -0.462 e. The summed E-state index contributed by atoms with van der Waals surface area (Å²) in [4.78, 5) is 31.4. The lowest BCUT2D eigenvalue weighted by Crippen LogP contribution is -2.59. The minimum atomic E-state index is -0.875. The van der Waals surface area contributed by atoms with Crippen molar-refractivity contribution >= 4 is 27.7 Å². The number of aliphatic hydroxyl groups excluding tert-OH is 1. The topological polar surface area (TPSA) is 143 Å². The van der Waals surface area contributed by atoms with Crippen LogP contribution in [0.15, 0.2) is 34.3 Å². The van der Waals surface area contributed by atoms with Crippen LogP contribution in [0.5, 0.6) is 0 Å². The van der Waals surface area contributed by atoms with E-state index in [0.29, 0.717) is 43.2 Å². The molecule has 7 rings (SSSR count). The van der Waals surface area contributed by atoms with E-state index in [1.165, 1.54) is 12.1 Å². The SMILES string of the molecule is CC[C@H]1CCC[C@H](O[C@H]2CC[C@H](N(C)C)C(C)O2)[C@@H](C)C(=O)C2=C[C@H]3[C@@H]4C[C@H](O[C@@H]5OC(C)[C@H](OC)C(OC)[C@@H]5OC)C[C@H]4[C@@H](O)[C@H](NCc4cc(F)ccc4Br)[C@H]3[C@@H]2CC(=O)O1. The number of likely N-dealkylation sites (N-methyl/N-ethyl adjacent to an activating group) is 1. The van der Waals surface area contributed by atoms with Gasteiger partial charge in [-0.25, -0.2) is 4.39 Å². The number of rotatable bonds is 12. The standard InChI is InChI=1S/C48H72BrFN2O11/c1-10-29-12-11-13-38(63-40-17-16-37(52(5)6)25(3)59-40)24(2)43(54)35-21-32-31-19-30(62-48-47(58-9)46(57-8)45(56-7)26(4)60-48)20-34(31)44(55)42(41(32)33(35)22-39(53)61-29)51-23-27-18-28(50)14-15-36(27)49/h14-15,18,21,24-26,29-34,37-38,40-42,44-48,51,55H,10-13,16-17,19-20,22-23H2,1-9H3/t24-,25?,26?,29+,30+,31+,32+,33-,34-,37+,38+,40+,41-,42-,44-,45+,46?,47+,48+/m1/s1. The summed E-state index contributed by atoms with van der Waals surface area (Å²) in [7, 11) is 8.98. The Labute approximate surface area is 381 Å². The molecule has 2 N–H and O–H groups in total. The van der Waals surface area contributed by atoms with Crippen LogP contribution in [-0.4, -0.2) is 137 Å². The number of ether oxygens (including phenoxy) is 8. The number of carbonyl (C=O) groups is 2. The first-order valence-corrected chi connectivity index (χ1v) is 24.1. The van der Waals surface area contributed by atoms with Gasteiger partial charge in [0.05, 0.1) is 36.9 Å². The van der Waals surface area contributed by atoms with Crippen LogP contribution in [0.25, 0.3) is 0 Å². The molecule has 2 saturated carbocycles. The number of hydrogen-bond acceptors (Lipinski definition) is 13. The molecule has 3 heterocycles. The molecule has 354 valence electrons. The van der Waals surface area contributed by atoms with Crippen molar-refractivity contribution in [1.82, 2.24) is 10.2 Å². The number of hydrogen-bond donors (Lipinski definition) is 2. The van der Waals surface area contributed by atoms with Crippen LogP contribution in [-0.2, 0) is 54.0 Å². The smallest absolute Gasteiger partial charge is 0.306 e. The Bertz CT molecular complexity index is 1760. The molecule has 5 fully saturated rings. The van der Waals surface area contributed by atoms with E-state index in [2.05, 4.69) is 53.2 Å². The van der Waals surface area contributed by atoms with E-state index in [4.69, 9.17) is 37.9 Å². The van der Waals surface area contributed by atoms with E-state index < -0.39 is 54.9 Å². The van der Waals surface area contributed by atoms with Gasteiger partial charge in [0.2, 0.25) is 0 Å². The van der Waals surface area contributed by atoms with Gasteiger partial charge in [-0.05, 0) is 132 Å². The fraction of sp³-hybridized carbons (Fsp3) is 0.792. The molecule has 0 bridgehead atoms. The molecule has 63 heavy (non-hydrogen) atoms. The van der Waals surface area contributed by atoms with Crippen molar-refractivity contribution in [2.45, 2.75) is 172 Å². The van der Waals surface area contributed by atoms with Crippen molar-refractivity contribution in [3.63, 3.8) is 0 Å². The number of nitrogens with zero attached hydrogens (tertiary/aromatic N) is 1. The number of ketones is 1. The summed E-state index contributed by atoms with van der Waals surface area (Å²) in [6, 6.07) is 4.27. The first-order chi connectivity index (χ1) is 30.2. The summed E-state index contributed by atoms with van der Waals surface area (Å²) >= 11 is 3.59. The highest BCUT2D eigenvalue weighted by Crippen LogP contribution is 2.57. The number of methoxy groups -OCH3 is 3. The Morgan fingerprint density at radius 3 is 2.33 bits per heavy atom. The number of cyclic esters (lactones) is 1. The molecule has 15 heteroatoms. The zero-order valence-electron chi connectivity index (χ0n) is 38.6. The number of fused-ring (bicyclic) bond motifs is 5. The van der Waals surface area contributed by atoms with Crippen molar-refractivity contribution in [1.29, 1.82) is 0 Å². The molecule has 0 aromatic heterocycles. The second-order valence-corrected chi connectivity index (χ2v) is 20.1. The number of benzene rings is 1. The number of Topliss-reactive ketones (excluding diaryl/α,β-unsaturated/α-hetero) is 1. The van der Waals surface area contributed by atoms with Gasteiger partial charge in [0, 0.05) is 56.3 Å². The van der Waals surface area contributed by atoms with E-state index in [1.54, 1.807) is 27.4 Å². The Morgan fingerprint density at radius 2 is 1.65 bits per heavy atom. The second kappa shape index (κ2) is 21.4. The van der Waals surface area contributed by atoms with Crippen LogP contribution in [0.4, 0.5) is 4.39 Å². The fourth-order valence-electron chi connectivity index (χ4n) is 12.2. The molecule has 0 radical (unpaired) electrons. The van der Waals surface area contributed by atoms with E-state index in [0.717, 1.165) is 23.7 Å². The molecule has 0 spiro atoms. The molecule has 0 amide bonds. The molecule has 1 aromatic carbocycles. The molecule has 19 atom stereocenters. The van der Waals surface area contributed by atoms with Crippen LogP contribution in [0.3, 0.4) is 0 Å². The first kappa shape index (κ1) is 49.0. The van der Waals surface area contributed by atoms with Gasteiger partial charge >= 0.3 is 5.97 Å². The van der Waals surface area contributed by atoms with Crippen LogP contribution in [0.1, 0.15) is 91.0 Å². The second-order valence-electron chi connectivity index (χ2n) is 19.2. The number of carbonyl (C=O) groups excluding carboxylic acids is 2. The number of aliphatic hydroxyl groups is 1. The maximum Gasteiger partial charge on any atom is 0.306 e. The highest BCUT2D eigenvalue weighted by atomic mass is 79.9. The Hall–Kier alpha value is -1.89. The van der Waals surface area contributed by atoms with Crippen molar-refractivity contribution in [2.24, 2.45) is 35.5 Å². The lowest BCUT2D eigenvalue weighted by Gasteiger charge is -2.47. The van der Waals surface area contributed by atoms with Crippen LogP contribution >= 0.6 is 15.9 Å². The summed E-state index contributed by atoms with van der Waals surface area (Å²) in [6.45, 7) is 8.24. The molecular formula is C48H72BrFN2O11. The van der Waals surface area contributed by atoms with E-state index >= 15 is 4.79 Å². The summed E-state index contributed by atoms with van der Waals surface area (Å²) in [5.41, 5.74) is 1.29. The third kappa shape index (κ3) is 10.5. The third-order valence-electron chi connectivity index (χ3n) is 15.4. The zero-order valence-corrected chi connectivity index (χ0v) is 40.2. The summed E-state index contributed by atoms with van der Waals surface area (Å²) in [6.07, 6.45) is 2.79. The van der Waals surface area contributed by atoms with Crippen molar-refractivity contribution in [2.75, 3.05) is 35.4 Å². The normalized spacial score (nSPS) is 42.4. The maximum absolute atomic E-state index is 15.2. The van der Waals surface area contributed by atoms with Gasteiger partial charge < -0.3 is 53.2 Å². The number of esters is 1. The van der Waals surface area contributed by atoms with Gasteiger partial charge in [0.25, 0.3) is 0 Å². The highest BCUT2D eigenvalue weighted by molar-refractivity contribution is 9.10. The minimum absolute atomic E-state index is 0.00305. The molecule has 3 aliphatic heterocycles. The van der Waals surface area contributed by atoms with E-state index in [-0.39, 0.29) is 90.8 Å². The van der Waals surface area contributed by atoms with Gasteiger partial charge in [0.15, 0.2) is 18.4 Å². The Balaban J connectivity index is 1.21. The molecule has 3 saturated heterocycles. The summed E-state index contributed by atoms with van der Waals surface area (Å²) in [5.74, 6) is -2.65. The molecule has 6 aliphatic rings. The quantitative estimate of drug-likeness (QED) is 0.225. The van der Waals surface area contributed by atoms with Crippen molar-refractivity contribution in [3.05, 3.63) is 45.7 Å². The molecular weight excluding hydrogens is 879 g/mol. The van der Waals surface area contributed by atoms with E-state index in [1.807, 2.05) is 20.8 Å². The fourth-order valence-corrected chi connectivity index (χ4v) is 12.6. The van der Waals surface area contributed by atoms with Gasteiger partial charge in [-0.3, -0.25) is 9.59 Å². The predicted molar refractivity (Wildman–Crippen MR) is 236 cm³/mol.